The molecule has 0 amide bonds. The summed E-state index contributed by atoms with van der Waals surface area (Å²) >= 11 is 0. The largest absolute Gasteiger partial charge is 0.384 e. The van der Waals surface area contributed by atoms with E-state index >= 15 is 0 Å². The third-order valence-corrected chi connectivity index (χ3v) is 2.56. The number of nitrogens with zero attached hydrogens (tertiary/aromatic N) is 2. The number of aliphatic hydroxyl groups excluding tert-OH is 1. The second-order valence-corrected chi connectivity index (χ2v) is 4.42. The highest BCUT2D eigenvalue weighted by Crippen LogP contribution is 2.14. The zero-order valence-corrected chi connectivity index (χ0v) is 10.7. The first-order valence-corrected chi connectivity index (χ1v) is 6.07. The molecular formula is C14H18N2O2. The van der Waals surface area contributed by atoms with Crippen LogP contribution in [0.3, 0.4) is 0 Å². The van der Waals surface area contributed by atoms with Crippen LogP contribution in [0.15, 0.2) is 42.6 Å². The van der Waals surface area contributed by atoms with E-state index in [0.717, 1.165) is 5.69 Å². The van der Waals surface area contributed by atoms with Crippen molar-refractivity contribution in [1.82, 2.24) is 9.78 Å². The van der Waals surface area contributed by atoms with Crippen molar-refractivity contribution in [1.29, 1.82) is 0 Å². The number of rotatable bonds is 5. The average molecular weight is 246 g/mol. The maximum atomic E-state index is 9.93. The molecule has 0 saturated carbocycles. The molecule has 1 N–H and O–H groups in total. The molecule has 1 aromatic carbocycles. The fourth-order valence-corrected chi connectivity index (χ4v) is 1.61. The summed E-state index contributed by atoms with van der Waals surface area (Å²) in [7, 11) is 0. The van der Waals surface area contributed by atoms with Gasteiger partial charge < -0.3 is 9.84 Å². The fraction of sp³-hybridized carbons (Fsp3) is 0.357. The summed E-state index contributed by atoms with van der Waals surface area (Å²) in [4.78, 5) is 0. The molecule has 0 radical (unpaired) electrons. The predicted molar refractivity (Wildman–Crippen MR) is 69.6 cm³/mol. The smallest absolute Gasteiger partial charge is 0.121 e. The van der Waals surface area contributed by atoms with Gasteiger partial charge in [-0.1, -0.05) is 18.2 Å². The van der Waals surface area contributed by atoms with Gasteiger partial charge in [-0.3, -0.25) is 0 Å². The molecule has 0 aliphatic rings. The van der Waals surface area contributed by atoms with Crippen LogP contribution in [0.1, 0.15) is 25.6 Å². The summed E-state index contributed by atoms with van der Waals surface area (Å²) in [5.41, 5.74) is 1.60. The lowest BCUT2D eigenvalue weighted by Gasteiger charge is -2.11. The lowest BCUT2D eigenvalue weighted by atomic mass is 10.3. The van der Waals surface area contributed by atoms with Crippen LogP contribution < -0.4 is 0 Å². The SMILES string of the molecule is CC(C)OCC(O)c1ccn(-c2ccccc2)n1. The van der Waals surface area contributed by atoms with E-state index in [1.54, 1.807) is 10.7 Å². The predicted octanol–water partition coefficient (Wildman–Crippen LogP) is 2.33. The van der Waals surface area contributed by atoms with Crippen LogP contribution in [0.25, 0.3) is 5.69 Å². The molecule has 96 valence electrons. The van der Waals surface area contributed by atoms with Crippen LogP contribution in [-0.4, -0.2) is 27.6 Å². The average Bonchev–Trinajstić information content (AvgIpc) is 2.86. The standard InChI is InChI=1S/C14H18N2O2/c1-11(2)18-10-14(17)13-8-9-16(15-13)12-6-4-3-5-7-12/h3-9,11,14,17H,10H2,1-2H3. The Labute approximate surface area is 107 Å². The minimum Gasteiger partial charge on any atom is -0.384 e. The molecule has 0 saturated heterocycles. The van der Waals surface area contributed by atoms with Gasteiger partial charge in [0.25, 0.3) is 0 Å². The van der Waals surface area contributed by atoms with E-state index in [0.29, 0.717) is 5.69 Å². The number of hydrogen-bond acceptors (Lipinski definition) is 3. The first-order chi connectivity index (χ1) is 8.66. The van der Waals surface area contributed by atoms with E-state index in [-0.39, 0.29) is 12.7 Å². The third kappa shape index (κ3) is 3.18. The van der Waals surface area contributed by atoms with Gasteiger partial charge in [-0.25, -0.2) is 4.68 Å². The zero-order chi connectivity index (χ0) is 13.0. The highest BCUT2D eigenvalue weighted by molar-refractivity contribution is 5.30. The summed E-state index contributed by atoms with van der Waals surface area (Å²) in [6.45, 7) is 4.15. The van der Waals surface area contributed by atoms with Crippen molar-refractivity contribution in [3.8, 4) is 5.69 Å². The molecule has 0 spiro atoms. The highest BCUT2D eigenvalue weighted by Gasteiger charge is 2.12. The Hall–Kier alpha value is -1.65. The van der Waals surface area contributed by atoms with Gasteiger partial charge in [0.2, 0.25) is 0 Å². The van der Waals surface area contributed by atoms with E-state index in [1.165, 1.54) is 0 Å². The minimum atomic E-state index is -0.683. The van der Waals surface area contributed by atoms with Crippen molar-refractivity contribution >= 4 is 0 Å². The monoisotopic (exact) mass is 246 g/mol. The van der Waals surface area contributed by atoms with Gasteiger partial charge in [0.15, 0.2) is 0 Å². The van der Waals surface area contributed by atoms with E-state index < -0.39 is 6.10 Å². The third-order valence-electron chi connectivity index (χ3n) is 2.56. The summed E-state index contributed by atoms with van der Waals surface area (Å²) in [6.07, 6.45) is 1.26. The minimum absolute atomic E-state index is 0.107. The van der Waals surface area contributed by atoms with E-state index in [4.69, 9.17) is 4.74 Å². The lowest BCUT2D eigenvalue weighted by molar-refractivity contribution is 0.00315. The van der Waals surface area contributed by atoms with Crippen molar-refractivity contribution in [2.75, 3.05) is 6.61 Å². The molecule has 0 aliphatic heterocycles. The summed E-state index contributed by atoms with van der Waals surface area (Å²) in [6, 6.07) is 11.6. The Kier molecular flexibility index (Phi) is 4.12. The number of ether oxygens (including phenoxy) is 1. The summed E-state index contributed by atoms with van der Waals surface area (Å²) in [5.74, 6) is 0. The molecule has 0 bridgehead atoms. The second-order valence-electron chi connectivity index (χ2n) is 4.42. The van der Waals surface area contributed by atoms with E-state index in [2.05, 4.69) is 5.10 Å². The zero-order valence-electron chi connectivity index (χ0n) is 10.7. The Morgan fingerprint density at radius 3 is 2.61 bits per heavy atom. The first-order valence-electron chi connectivity index (χ1n) is 6.07. The highest BCUT2D eigenvalue weighted by atomic mass is 16.5. The quantitative estimate of drug-likeness (QED) is 0.880. The Morgan fingerprint density at radius 2 is 1.94 bits per heavy atom. The number of para-hydroxylation sites is 1. The maximum Gasteiger partial charge on any atom is 0.121 e. The number of benzene rings is 1. The van der Waals surface area contributed by atoms with E-state index in [1.807, 2.05) is 50.4 Å². The van der Waals surface area contributed by atoms with Gasteiger partial charge in [-0.15, -0.1) is 0 Å². The van der Waals surface area contributed by atoms with Gasteiger partial charge in [-0.05, 0) is 32.0 Å². The van der Waals surface area contributed by atoms with Crippen molar-refractivity contribution in [3.63, 3.8) is 0 Å². The van der Waals surface area contributed by atoms with Crippen LogP contribution in [-0.2, 0) is 4.74 Å². The van der Waals surface area contributed by atoms with Gasteiger partial charge in [0.05, 0.1) is 24.1 Å². The molecule has 2 aromatic rings. The van der Waals surface area contributed by atoms with Gasteiger partial charge in [0, 0.05) is 6.20 Å². The Bertz CT molecular complexity index is 480. The number of hydrogen-bond donors (Lipinski definition) is 1. The van der Waals surface area contributed by atoms with Crippen LogP contribution in [0.2, 0.25) is 0 Å². The molecule has 1 aromatic heterocycles. The van der Waals surface area contributed by atoms with Crippen LogP contribution in [0, 0.1) is 0 Å². The molecule has 1 heterocycles. The number of aliphatic hydroxyl groups is 1. The van der Waals surface area contributed by atoms with Crippen molar-refractivity contribution < 1.29 is 9.84 Å². The molecule has 1 unspecified atom stereocenters. The first kappa shape index (κ1) is 12.8. The van der Waals surface area contributed by atoms with Gasteiger partial charge >= 0.3 is 0 Å². The second kappa shape index (κ2) is 5.80. The summed E-state index contributed by atoms with van der Waals surface area (Å²) in [5, 5.41) is 14.3. The Morgan fingerprint density at radius 1 is 1.22 bits per heavy atom. The van der Waals surface area contributed by atoms with Crippen molar-refractivity contribution in [3.05, 3.63) is 48.3 Å². The van der Waals surface area contributed by atoms with Crippen molar-refractivity contribution in [2.45, 2.75) is 26.1 Å². The van der Waals surface area contributed by atoms with Gasteiger partial charge in [-0.2, -0.15) is 5.10 Å². The molecule has 0 aliphatic carbocycles. The molecule has 18 heavy (non-hydrogen) atoms. The van der Waals surface area contributed by atoms with Crippen LogP contribution >= 0.6 is 0 Å². The van der Waals surface area contributed by atoms with Crippen LogP contribution in [0.5, 0.6) is 0 Å². The molecular weight excluding hydrogens is 228 g/mol. The van der Waals surface area contributed by atoms with E-state index in [9.17, 15) is 5.11 Å². The molecule has 0 fully saturated rings. The fourth-order valence-electron chi connectivity index (χ4n) is 1.61. The Balaban J connectivity index is 2.06. The normalized spacial score (nSPS) is 12.9. The molecule has 1 atom stereocenters. The van der Waals surface area contributed by atoms with Crippen molar-refractivity contribution in [2.24, 2.45) is 0 Å². The molecule has 4 heteroatoms. The summed E-state index contributed by atoms with van der Waals surface area (Å²) < 4.78 is 7.12. The van der Waals surface area contributed by atoms with Gasteiger partial charge in [0.1, 0.15) is 6.10 Å². The number of aromatic nitrogens is 2. The molecule has 4 nitrogen and oxygen atoms in total. The lowest BCUT2D eigenvalue weighted by Crippen LogP contribution is -2.12. The molecule has 2 rings (SSSR count). The topological polar surface area (TPSA) is 47.3 Å². The maximum absolute atomic E-state index is 9.93. The van der Waals surface area contributed by atoms with Crippen LogP contribution in [0.4, 0.5) is 0 Å².